The van der Waals surface area contributed by atoms with Crippen LogP contribution in [0, 0.1) is 5.92 Å². The topological polar surface area (TPSA) is 124 Å². The van der Waals surface area contributed by atoms with Crippen LogP contribution in [-0.4, -0.2) is 99.7 Å². The highest BCUT2D eigenvalue weighted by Crippen LogP contribution is 2.41. The fraction of sp³-hybridized carbons (Fsp3) is 0.432. The Labute approximate surface area is 332 Å². The third-order valence-electron chi connectivity index (χ3n) is 11.9. The zero-order chi connectivity index (χ0) is 38.8. The molecule has 2 aliphatic heterocycles. The Morgan fingerprint density at radius 3 is 2.43 bits per heavy atom. The fourth-order valence-electron chi connectivity index (χ4n) is 8.20. The maximum atomic E-state index is 14.1. The van der Waals surface area contributed by atoms with Gasteiger partial charge in [-0.1, -0.05) is 48.0 Å². The van der Waals surface area contributed by atoms with Gasteiger partial charge in [-0.3, -0.25) is 23.9 Å². The van der Waals surface area contributed by atoms with Gasteiger partial charge in [0.05, 0.1) is 39.9 Å². The third kappa shape index (κ3) is 8.60. The molecule has 2 amide bonds. The van der Waals surface area contributed by atoms with Gasteiger partial charge in [0, 0.05) is 80.0 Å². The van der Waals surface area contributed by atoms with Gasteiger partial charge in [0.1, 0.15) is 0 Å². The fourth-order valence-corrected chi connectivity index (χ4v) is 8.47. The summed E-state index contributed by atoms with van der Waals surface area (Å²) in [7, 11) is 2.12. The molecule has 11 nitrogen and oxygen atoms in total. The van der Waals surface area contributed by atoms with Crippen molar-refractivity contribution in [2.75, 3.05) is 57.8 Å². The van der Waals surface area contributed by atoms with E-state index in [0.717, 1.165) is 66.9 Å². The van der Waals surface area contributed by atoms with Crippen molar-refractivity contribution in [2.45, 2.75) is 63.0 Å². The zero-order valence-electron chi connectivity index (χ0n) is 32.0. The lowest BCUT2D eigenvalue weighted by Crippen LogP contribution is -2.51. The number of carbonyl (C=O) groups excluding carboxylic acids is 2. The van der Waals surface area contributed by atoms with Crippen molar-refractivity contribution in [3.05, 3.63) is 111 Å². The summed E-state index contributed by atoms with van der Waals surface area (Å²) in [6.45, 7) is 5.17. The molecule has 0 bridgehead atoms. The van der Waals surface area contributed by atoms with Gasteiger partial charge >= 0.3 is 0 Å². The average Bonchev–Trinajstić information content (AvgIpc) is 4.07. The minimum Gasteiger partial charge on any atom is -0.388 e. The molecular formula is C44H50ClN7O4. The lowest BCUT2D eigenvalue weighted by atomic mass is 9.88. The van der Waals surface area contributed by atoms with Crippen LogP contribution in [0.2, 0.25) is 5.02 Å². The number of hydrogen-bond acceptors (Lipinski definition) is 8. The van der Waals surface area contributed by atoms with Crippen LogP contribution in [0.5, 0.6) is 0 Å². The van der Waals surface area contributed by atoms with Gasteiger partial charge in [-0.05, 0) is 94.0 Å². The van der Waals surface area contributed by atoms with Gasteiger partial charge in [0.2, 0.25) is 5.91 Å². The molecule has 2 N–H and O–H groups in total. The molecule has 292 valence electrons. The standard InChI is InChI=1S/C44H50ClN7O4/c1-49-20-22-50(23-21-49)34-12-14-36-39(26-34)47-29-52(43(36)55)28-44(56)15-18-51(19-16-44)42(54)33(24-30-6-3-2-4-7-30)8-5-17-46-41(53)32-11-13-35-37(45)27-38(31-9-10-31)48-40(35)25-32/h2-4,6-7,11-14,25-27,29,31,33,56H,5,8-10,15-24,28H2,1H3,(H,46,53)/t33-/m1/s1. The molecule has 0 radical (unpaired) electrons. The van der Waals surface area contributed by atoms with Crippen LogP contribution in [0.25, 0.3) is 21.8 Å². The van der Waals surface area contributed by atoms with Crippen LogP contribution < -0.4 is 15.8 Å². The summed E-state index contributed by atoms with van der Waals surface area (Å²) in [5.41, 5.74) is 3.72. The van der Waals surface area contributed by atoms with Gasteiger partial charge < -0.3 is 25.1 Å². The number of pyridine rings is 1. The molecule has 3 fully saturated rings. The number of aliphatic hydroxyl groups is 1. The Bertz CT molecular complexity index is 2280. The minimum atomic E-state index is -1.14. The molecule has 2 aromatic heterocycles. The molecule has 1 atom stereocenters. The quantitative estimate of drug-likeness (QED) is 0.156. The molecule has 1 saturated carbocycles. The van der Waals surface area contributed by atoms with E-state index in [1.165, 1.54) is 4.57 Å². The van der Waals surface area contributed by atoms with E-state index in [0.29, 0.717) is 79.1 Å². The molecule has 2 saturated heterocycles. The Morgan fingerprint density at radius 1 is 0.929 bits per heavy atom. The molecule has 8 rings (SSSR count). The van der Waals surface area contributed by atoms with Gasteiger partial charge in [-0.15, -0.1) is 0 Å². The molecule has 1 aliphatic carbocycles. The Hall–Kier alpha value is -4.84. The summed E-state index contributed by atoms with van der Waals surface area (Å²) >= 11 is 6.53. The van der Waals surface area contributed by atoms with Crippen molar-refractivity contribution in [3.63, 3.8) is 0 Å². The van der Waals surface area contributed by atoms with E-state index in [1.807, 2.05) is 65.6 Å². The molecular weight excluding hydrogens is 726 g/mol. The summed E-state index contributed by atoms with van der Waals surface area (Å²) in [5, 5.41) is 16.7. The van der Waals surface area contributed by atoms with E-state index in [2.05, 4.69) is 27.1 Å². The van der Waals surface area contributed by atoms with Crippen LogP contribution in [0.1, 0.15) is 66.1 Å². The van der Waals surface area contributed by atoms with Gasteiger partial charge in [-0.2, -0.15) is 0 Å². The summed E-state index contributed by atoms with van der Waals surface area (Å²) < 4.78 is 1.51. The van der Waals surface area contributed by atoms with Gasteiger partial charge in [-0.25, -0.2) is 4.98 Å². The number of piperidine rings is 1. The first-order chi connectivity index (χ1) is 27.1. The number of rotatable bonds is 12. The molecule has 5 aromatic rings. The lowest BCUT2D eigenvalue weighted by Gasteiger charge is -2.39. The maximum absolute atomic E-state index is 14.1. The number of nitrogens with zero attached hydrogens (tertiary/aromatic N) is 6. The minimum absolute atomic E-state index is 0.0480. The van der Waals surface area contributed by atoms with E-state index in [4.69, 9.17) is 16.6 Å². The van der Waals surface area contributed by atoms with Crippen molar-refractivity contribution in [3.8, 4) is 0 Å². The molecule has 4 heterocycles. The lowest BCUT2D eigenvalue weighted by molar-refractivity contribution is -0.140. The number of likely N-dealkylation sites (N-methyl/N-ethyl adjacent to an activating group) is 1. The predicted octanol–water partition coefficient (Wildman–Crippen LogP) is 5.65. The number of anilines is 1. The molecule has 0 unspecified atom stereocenters. The monoisotopic (exact) mass is 775 g/mol. The van der Waals surface area contributed by atoms with Gasteiger partial charge in [0.25, 0.3) is 11.5 Å². The van der Waals surface area contributed by atoms with Gasteiger partial charge in [0.15, 0.2) is 0 Å². The van der Waals surface area contributed by atoms with E-state index in [-0.39, 0.29) is 29.8 Å². The van der Waals surface area contributed by atoms with Crippen molar-refractivity contribution in [1.82, 2.24) is 29.7 Å². The molecule has 56 heavy (non-hydrogen) atoms. The second-order valence-electron chi connectivity index (χ2n) is 16.0. The number of likely N-dealkylation sites (tertiary alicyclic amines) is 1. The predicted molar refractivity (Wildman–Crippen MR) is 220 cm³/mol. The number of nitrogens with one attached hydrogen (secondary N) is 1. The van der Waals surface area contributed by atoms with Crippen LogP contribution in [-0.2, 0) is 17.8 Å². The van der Waals surface area contributed by atoms with Crippen LogP contribution in [0.4, 0.5) is 5.69 Å². The Balaban J connectivity index is 0.875. The van der Waals surface area contributed by atoms with E-state index in [1.54, 1.807) is 18.5 Å². The number of amides is 2. The number of hydrogen-bond donors (Lipinski definition) is 2. The molecule has 3 aliphatic rings. The highest BCUT2D eigenvalue weighted by atomic mass is 35.5. The van der Waals surface area contributed by atoms with Crippen LogP contribution in [0.15, 0.2) is 83.9 Å². The highest BCUT2D eigenvalue weighted by molar-refractivity contribution is 6.35. The van der Waals surface area contributed by atoms with E-state index in [9.17, 15) is 19.5 Å². The highest BCUT2D eigenvalue weighted by Gasteiger charge is 2.36. The van der Waals surface area contributed by atoms with Crippen LogP contribution in [0.3, 0.4) is 0 Å². The largest absolute Gasteiger partial charge is 0.388 e. The van der Waals surface area contributed by atoms with Crippen LogP contribution >= 0.6 is 11.6 Å². The SMILES string of the molecule is CN1CCN(c2ccc3c(=O)n(CC4(O)CCN(C(=O)[C@H](CCCNC(=O)c5ccc6c(Cl)cc(C7CC7)nc6c5)Cc5ccccc5)CC4)cnc3c2)CC1. The molecule has 3 aromatic carbocycles. The first-order valence-corrected chi connectivity index (χ1v) is 20.4. The van der Waals surface area contributed by atoms with E-state index >= 15 is 0 Å². The number of fused-ring (bicyclic) bond motifs is 2. The average molecular weight is 776 g/mol. The van der Waals surface area contributed by atoms with E-state index < -0.39 is 5.60 Å². The molecule has 0 spiro atoms. The van der Waals surface area contributed by atoms with Crippen molar-refractivity contribution in [1.29, 1.82) is 0 Å². The third-order valence-corrected chi connectivity index (χ3v) is 12.2. The maximum Gasteiger partial charge on any atom is 0.261 e. The van der Waals surface area contributed by atoms with Crippen molar-refractivity contribution < 1.29 is 14.7 Å². The Morgan fingerprint density at radius 2 is 1.68 bits per heavy atom. The summed E-state index contributed by atoms with van der Waals surface area (Å²) in [6.07, 6.45) is 6.31. The Kier molecular flexibility index (Phi) is 11.1. The second-order valence-corrected chi connectivity index (χ2v) is 16.4. The number of carbonyl (C=O) groups is 2. The van der Waals surface area contributed by atoms with Crippen molar-refractivity contribution in [2.24, 2.45) is 5.92 Å². The first kappa shape index (κ1) is 38.1. The zero-order valence-corrected chi connectivity index (χ0v) is 32.8. The second kappa shape index (κ2) is 16.3. The van der Waals surface area contributed by atoms with Crippen molar-refractivity contribution >= 4 is 50.9 Å². The number of piperazine rings is 1. The number of halogens is 1. The number of benzene rings is 3. The molecule has 12 heteroatoms. The first-order valence-electron chi connectivity index (χ1n) is 20.0. The number of aromatic nitrogens is 3. The summed E-state index contributed by atoms with van der Waals surface area (Å²) in [6, 6.07) is 23.2. The smallest absolute Gasteiger partial charge is 0.261 e. The summed E-state index contributed by atoms with van der Waals surface area (Å²) in [5.74, 6) is 0.0416. The normalized spacial score (nSPS) is 18.0. The summed E-state index contributed by atoms with van der Waals surface area (Å²) in [4.78, 5) is 56.7.